The Morgan fingerprint density at radius 3 is 2.81 bits per heavy atom. The quantitative estimate of drug-likeness (QED) is 0.808. The number of benzene rings is 1. The van der Waals surface area contributed by atoms with Crippen LogP contribution >= 0.6 is 15.9 Å². The highest BCUT2D eigenvalue weighted by molar-refractivity contribution is 9.10. The highest BCUT2D eigenvalue weighted by Gasteiger charge is 2.00. The summed E-state index contributed by atoms with van der Waals surface area (Å²) in [5, 5.41) is 3.40. The summed E-state index contributed by atoms with van der Waals surface area (Å²) in [6.07, 6.45) is 1.15. The summed E-state index contributed by atoms with van der Waals surface area (Å²) in [7, 11) is 0. The third-order valence-electron chi connectivity index (χ3n) is 2.60. The number of hydrogen-bond acceptors (Lipinski definition) is 2. The Labute approximate surface area is 107 Å². The smallest absolute Gasteiger partial charge is 0.122 e. The molecule has 16 heavy (non-hydrogen) atoms. The van der Waals surface area contributed by atoms with Gasteiger partial charge in [0.25, 0.3) is 0 Å². The Hall–Kier alpha value is -0.540. The lowest BCUT2D eigenvalue weighted by Crippen LogP contribution is -2.29. The molecule has 3 heteroatoms. The van der Waals surface area contributed by atoms with Crippen LogP contribution in [-0.2, 0) is 0 Å². The molecule has 1 N–H and O–H groups in total. The van der Waals surface area contributed by atoms with Crippen LogP contribution in [0.1, 0.15) is 25.8 Å². The maximum absolute atomic E-state index is 5.70. The topological polar surface area (TPSA) is 21.3 Å². The fourth-order valence-corrected chi connectivity index (χ4v) is 1.86. The molecular formula is C13H20BrNO. The number of aryl methyl sites for hydroxylation is 1. The molecule has 1 aromatic carbocycles. The van der Waals surface area contributed by atoms with Crippen LogP contribution < -0.4 is 10.1 Å². The van der Waals surface area contributed by atoms with Crippen molar-refractivity contribution in [2.45, 2.75) is 33.2 Å². The number of halogens is 1. The average molecular weight is 286 g/mol. The normalized spacial score (nSPS) is 12.5. The summed E-state index contributed by atoms with van der Waals surface area (Å²) in [5.74, 6) is 0.967. The van der Waals surface area contributed by atoms with E-state index >= 15 is 0 Å². The van der Waals surface area contributed by atoms with Crippen LogP contribution in [0.5, 0.6) is 5.75 Å². The molecule has 0 heterocycles. The van der Waals surface area contributed by atoms with Gasteiger partial charge in [0.15, 0.2) is 0 Å². The van der Waals surface area contributed by atoms with E-state index in [2.05, 4.69) is 48.1 Å². The molecule has 1 atom stereocenters. The Kier molecular flexibility index (Phi) is 5.85. The molecule has 0 aliphatic heterocycles. The fourth-order valence-electron chi connectivity index (χ4n) is 1.39. The van der Waals surface area contributed by atoms with Gasteiger partial charge in [-0.2, -0.15) is 0 Å². The Bertz CT molecular complexity index is 328. The van der Waals surface area contributed by atoms with E-state index in [4.69, 9.17) is 4.74 Å². The van der Waals surface area contributed by atoms with Gasteiger partial charge in [-0.05, 0) is 44.0 Å². The summed E-state index contributed by atoms with van der Waals surface area (Å²) in [6, 6.07) is 6.64. The minimum atomic E-state index is 0.564. The SMILES string of the molecule is CCC(C)NCCOc1ccc(Br)cc1C. The van der Waals surface area contributed by atoms with E-state index < -0.39 is 0 Å². The maximum atomic E-state index is 5.70. The van der Waals surface area contributed by atoms with Gasteiger partial charge in [0, 0.05) is 17.1 Å². The van der Waals surface area contributed by atoms with Gasteiger partial charge < -0.3 is 10.1 Å². The van der Waals surface area contributed by atoms with Crippen molar-refractivity contribution in [3.63, 3.8) is 0 Å². The van der Waals surface area contributed by atoms with Crippen LogP contribution in [0.25, 0.3) is 0 Å². The van der Waals surface area contributed by atoms with Crippen LogP contribution in [0.2, 0.25) is 0 Å². The minimum absolute atomic E-state index is 0.564. The van der Waals surface area contributed by atoms with E-state index in [9.17, 15) is 0 Å². The van der Waals surface area contributed by atoms with Crippen molar-refractivity contribution < 1.29 is 4.74 Å². The first-order valence-electron chi connectivity index (χ1n) is 5.75. The van der Waals surface area contributed by atoms with Gasteiger partial charge in [0.05, 0.1) is 0 Å². The molecule has 2 nitrogen and oxygen atoms in total. The Morgan fingerprint density at radius 2 is 2.19 bits per heavy atom. The first-order valence-corrected chi connectivity index (χ1v) is 6.55. The van der Waals surface area contributed by atoms with Crippen LogP contribution in [0.3, 0.4) is 0 Å². The summed E-state index contributed by atoms with van der Waals surface area (Å²) in [4.78, 5) is 0. The van der Waals surface area contributed by atoms with Crippen molar-refractivity contribution >= 4 is 15.9 Å². The van der Waals surface area contributed by atoms with Crippen molar-refractivity contribution in [1.82, 2.24) is 5.32 Å². The number of ether oxygens (including phenoxy) is 1. The van der Waals surface area contributed by atoms with Gasteiger partial charge >= 0.3 is 0 Å². The third-order valence-corrected chi connectivity index (χ3v) is 3.10. The molecule has 0 saturated carbocycles. The molecule has 1 unspecified atom stereocenters. The van der Waals surface area contributed by atoms with Crippen LogP contribution in [-0.4, -0.2) is 19.2 Å². The summed E-state index contributed by atoms with van der Waals surface area (Å²) < 4.78 is 6.80. The highest BCUT2D eigenvalue weighted by atomic mass is 79.9. The predicted octanol–water partition coefficient (Wildman–Crippen LogP) is 3.52. The van der Waals surface area contributed by atoms with Gasteiger partial charge in [-0.15, -0.1) is 0 Å². The maximum Gasteiger partial charge on any atom is 0.122 e. The van der Waals surface area contributed by atoms with Crippen LogP contribution in [0.15, 0.2) is 22.7 Å². The van der Waals surface area contributed by atoms with E-state index in [0.29, 0.717) is 12.6 Å². The van der Waals surface area contributed by atoms with Gasteiger partial charge in [0.2, 0.25) is 0 Å². The summed E-state index contributed by atoms with van der Waals surface area (Å²) in [5.41, 5.74) is 1.16. The molecule has 0 spiro atoms. The van der Waals surface area contributed by atoms with Crippen molar-refractivity contribution in [1.29, 1.82) is 0 Å². The van der Waals surface area contributed by atoms with Gasteiger partial charge in [-0.25, -0.2) is 0 Å². The van der Waals surface area contributed by atoms with Crippen LogP contribution in [0, 0.1) is 6.92 Å². The van der Waals surface area contributed by atoms with E-state index in [1.54, 1.807) is 0 Å². The van der Waals surface area contributed by atoms with E-state index in [-0.39, 0.29) is 0 Å². The second kappa shape index (κ2) is 6.92. The fraction of sp³-hybridized carbons (Fsp3) is 0.538. The van der Waals surface area contributed by atoms with Crippen LogP contribution in [0.4, 0.5) is 0 Å². The first kappa shape index (κ1) is 13.5. The molecule has 0 saturated heterocycles. The lowest BCUT2D eigenvalue weighted by atomic mass is 10.2. The minimum Gasteiger partial charge on any atom is -0.492 e. The second-order valence-electron chi connectivity index (χ2n) is 4.02. The molecule has 0 aliphatic rings. The molecule has 0 aromatic heterocycles. The van der Waals surface area contributed by atoms with Gasteiger partial charge in [-0.1, -0.05) is 22.9 Å². The monoisotopic (exact) mass is 285 g/mol. The van der Waals surface area contributed by atoms with E-state index in [1.807, 2.05) is 12.1 Å². The van der Waals surface area contributed by atoms with E-state index in [1.165, 1.54) is 0 Å². The molecule has 0 aliphatic carbocycles. The highest BCUT2D eigenvalue weighted by Crippen LogP contribution is 2.21. The molecule has 0 amide bonds. The van der Waals surface area contributed by atoms with Gasteiger partial charge in [0.1, 0.15) is 12.4 Å². The number of rotatable bonds is 6. The van der Waals surface area contributed by atoms with E-state index in [0.717, 1.165) is 28.8 Å². The molecule has 0 radical (unpaired) electrons. The molecular weight excluding hydrogens is 266 g/mol. The van der Waals surface area contributed by atoms with Crippen molar-refractivity contribution in [3.8, 4) is 5.75 Å². The number of nitrogens with one attached hydrogen (secondary N) is 1. The average Bonchev–Trinajstić information content (AvgIpc) is 2.26. The van der Waals surface area contributed by atoms with Crippen molar-refractivity contribution in [2.24, 2.45) is 0 Å². The second-order valence-corrected chi connectivity index (χ2v) is 4.94. The summed E-state index contributed by atoms with van der Waals surface area (Å²) in [6.45, 7) is 8.03. The molecule has 0 bridgehead atoms. The van der Waals surface area contributed by atoms with Crippen molar-refractivity contribution in [3.05, 3.63) is 28.2 Å². The first-order chi connectivity index (χ1) is 7.63. The predicted molar refractivity (Wildman–Crippen MR) is 72.1 cm³/mol. The molecule has 1 rings (SSSR count). The third kappa shape index (κ3) is 4.54. The zero-order valence-corrected chi connectivity index (χ0v) is 11.8. The van der Waals surface area contributed by atoms with Gasteiger partial charge in [-0.3, -0.25) is 0 Å². The molecule has 0 fully saturated rings. The standard InChI is InChI=1S/C13H20BrNO/c1-4-11(3)15-7-8-16-13-6-5-12(14)9-10(13)2/h5-6,9,11,15H,4,7-8H2,1-3H3. The molecule has 90 valence electrons. The summed E-state index contributed by atoms with van der Waals surface area (Å²) >= 11 is 3.44. The number of hydrogen-bond donors (Lipinski definition) is 1. The lowest BCUT2D eigenvalue weighted by molar-refractivity contribution is 0.304. The molecule has 1 aromatic rings. The zero-order chi connectivity index (χ0) is 12.0. The largest absolute Gasteiger partial charge is 0.492 e. The zero-order valence-electron chi connectivity index (χ0n) is 10.2. The lowest BCUT2D eigenvalue weighted by Gasteiger charge is -2.13. The Balaban J connectivity index is 2.32. The Morgan fingerprint density at radius 1 is 1.44 bits per heavy atom. The van der Waals surface area contributed by atoms with Crippen molar-refractivity contribution in [2.75, 3.05) is 13.2 Å².